The van der Waals surface area contributed by atoms with E-state index in [1.165, 1.54) is 18.5 Å². The van der Waals surface area contributed by atoms with Crippen LogP contribution in [0.4, 0.5) is 5.69 Å². The summed E-state index contributed by atoms with van der Waals surface area (Å²) >= 11 is 0. The number of imidazole rings is 1. The van der Waals surface area contributed by atoms with Crippen LogP contribution in [0.5, 0.6) is 6.01 Å². The number of aromatic amines is 1. The minimum Gasteiger partial charge on any atom is -0.468 e. The zero-order chi connectivity index (χ0) is 12.8. The number of fused-ring (bicyclic) bond motifs is 3. The number of aromatic nitrogens is 2. The van der Waals surface area contributed by atoms with E-state index in [4.69, 9.17) is 9.47 Å². The van der Waals surface area contributed by atoms with Gasteiger partial charge in [0, 0.05) is 5.69 Å². The van der Waals surface area contributed by atoms with Gasteiger partial charge in [0.15, 0.2) is 0 Å². The first-order chi connectivity index (χ1) is 9.35. The second-order valence-corrected chi connectivity index (χ2v) is 5.28. The molecule has 0 spiro atoms. The topological polar surface area (TPSA) is 50.4 Å². The fourth-order valence-corrected chi connectivity index (χ4v) is 3.28. The minimum absolute atomic E-state index is 0.525. The van der Waals surface area contributed by atoms with E-state index in [0.29, 0.717) is 18.1 Å². The van der Waals surface area contributed by atoms with E-state index in [2.05, 4.69) is 33.1 Å². The molecule has 5 nitrogen and oxygen atoms in total. The lowest BCUT2D eigenvalue weighted by Crippen LogP contribution is -2.45. The monoisotopic (exact) mass is 259 g/mol. The molecule has 0 radical (unpaired) electrons. The number of nitrogens with one attached hydrogen (secondary N) is 1. The Labute approximate surface area is 111 Å². The fraction of sp³-hybridized carbons (Fsp3) is 0.500. The molecule has 1 aromatic carbocycles. The van der Waals surface area contributed by atoms with Gasteiger partial charge in [-0.2, -0.15) is 4.98 Å². The first kappa shape index (κ1) is 11.1. The highest BCUT2D eigenvalue weighted by Gasteiger charge is 2.37. The van der Waals surface area contributed by atoms with Crippen LogP contribution in [0.1, 0.15) is 12.8 Å². The molecular formula is C14H17N3O2. The third-order valence-electron chi connectivity index (χ3n) is 4.18. The molecule has 1 aromatic heterocycles. The van der Waals surface area contributed by atoms with E-state index in [1.54, 1.807) is 7.11 Å². The number of hydrogen-bond acceptors (Lipinski definition) is 4. The molecule has 5 heteroatoms. The van der Waals surface area contributed by atoms with Crippen LogP contribution < -0.4 is 9.64 Å². The zero-order valence-corrected chi connectivity index (χ0v) is 10.9. The Kier molecular flexibility index (Phi) is 2.41. The lowest BCUT2D eigenvalue weighted by Gasteiger charge is -2.36. The molecule has 2 saturated heterocycles. The van der Waals surface area contributed by atoms with Crippen molar-refractivity contribution in [1.29, 1.82) is 0 Å². The summed E-state index contributed by atoms with van der Waals surface area (Å²) in [5.41, 5.74) is 3.22. The lowest BCUT2D eigenvalue weighted by atomic mass is 10.2. The van der Waals surface area contributed by atoms with Crippen LogP contribution in [0.15, 0.2) is 18.2 Å². The Balaban J connectivity index is 1.74. The predicted molar refractivity (Wildman–Crippen MR) is 72.8 cm³/mol. The number of nitrogens with zero attached hydrogens (tertiary/aromatic N) is 2. The number of ether oxygens (including phenoxy) is 2. The van der Waals surface area contributed by atoms with Crippen molar-refractivity contribution in [3.63, 3.8) is 0 Å². The molecule has 2 aliphatic rings. The Morgan fingerprint density at radius 2 is 2.11 bits per heavy atom. The Morgan fingerprint density at radius 3 is 2.84 bits per heavy atom. The highest BCUT2D eigenvalue weighted by Crippen LogP contribution is 2.35. The van der Waals surface area contributed by atoms with Crippen LogP contribution in [0.2, 0.25) is 0 Å². The Hall–Kier alpha value is -1.75. The number of morpholine rings is 1. The third kappa shape index (κ3) is 1.69. The normalized spacial score (nSPS) is 26.1. The predicted octanol–water partition coefficient (Wildman–Crippen LogP) is 1.94. The van der Waals surface area contributed by atoms with Crippen molar-refractivity contribution >= 4 is 16.7 Å². The lowest BCUT2D eigenvalue weighted by molar-refractivity contribution is 0.0907. The maximum absolute atomic E-state index is 5.63. The van der Waals surface area contributed by atoms with E-state index >= 15 is 0 Å². The van der Waals surface area contributed by atoms with Gasteiger partial charge in [-0.05, 0) is 31.0 Å². The summed E-state index contributed by atoms with van der Waals surface area (Å²) in [5, 5.41) is 0. The van der Waals surface area contributed by atoms with Gasteiger partial charge in [-0.25, -0.2) is 0 Å². The summed E-state index contributed by atoms with van der Waals surface area (Å²) in [7, 11) is 1.63. The maximum atomic E-state index is 5.63. The molecule has 2 fully saturated rings. The van der Waals surface area contributed by atoms with Gasteiger partial charge in [0.05, 0.1) is 43.4 Å². The molecule has 2 aromatic rings. The number of benzene rings is 1. The molecule has 3 heterocycles. The number of methoxy groups -OCH3 is 1. The molecular weight excluding hydrogens is 242 g/mol. The van der Waals surface area contributed by atoms with Crippen molar-refractivity contribution in [3.05, 3.63) is 18.2 Å². The minimum atomic E-state index is 0.525. The van der Waals surface area contributed by atoms with Gasteiger partial charge in [0.2, 0.25) is 0 Å². The Bertz CT molecular complexity index is 594. The van der Waals surface area contributed by atoms with Crippen molar-refractivity contribution < 1.29 is 9.47 Å². The smallest absolute Gasteiger partial charge is 0.294 e. The zero-order valence-electron chi connectivity index (χ0n) is 10.9. The van der Waals surface area contributed by atoms with Crippen LogP contribution in [0, 0.1) is 0 Å². The second-order valence-electron chi connectivity index (χ2n) is 5.28. The fourth-order valence-electron chi connectivity index (χ4n) is 3.28. The number of hydrogen-bond donors (Lipinski definition) is 1. The Morgan fingerprint density at radius 1 is 1.32 bits per heavy atom. The average molecular weight is 259 g/mol. The third-order valence-corrected chi connectivity index (χ3v) is 4.18. The van der Waals surface area contributed by atoms with Gasteiger partial charge in [-0.15, -0.1) is 0 Å². The molecule has 19 heavy (non-hydrogen) atoms. The van der Waals surface area contributed by atoms with E-state index in [9.17, 15) is 0 Å². The van der Waals surface area contributed by atoms with E-state index in [-0.39, 0.29) is 0 Å². The summed E-state index contributed by atoms with van der Waals surface area (Å²) in [6.45, 7) is 1.69. The van der Waals surface area contributed by atoms with E-state index in [0.717, 1.165) is 24.2 Å². The van der Waals surface area contributed by atoms with Gasteiger partial charge in [0.1, 0.15) is 0 Å². The number of anilines is 1. The quantitative estimate of drug-likeness (QED) is 0.895. The summed E-state index contributed by atoms with van der Waals surface area (Å²) in [4.78, 5) is 10.1. The maximum Gasteiger partial charge on any atom is 0.294 e. The van der Waals surface area contributed by atoms with Crippen molar-refractivity contribution in [2.75, 3.05) is 25.2 Å². The second kappa shape index (κ2) is 4.13. The van der Waals surface area contributed by atoms with Crippen molar-refractivity contribution in [1.82, 2.24) is 9.97 Å². The van der Waals surface area contributed by atoms with Crippen molar-refractivity contribution in [2.24, 2.45) is 0 Å². The summed E-state index contributed by atoms with van der Waals surface area (Å²) in [6, 6.07) is 8.00. The standard InChI is InChI=1S/C14H17N3O2/c1-18-14-15-12-5-4-9(6-13(12)16-14)17-10-2-3-11(17)8-19-7-10/h4-6,10-11H,2-3,7-8H2,1H3,(H,15,16)/t10-,11+. The van der Waals surface area contributed by atoms with Crippen LogP contribution in [-0.2, 0) is 4.74 Å². The molecule has 4 rings (SSSR count). The molecule has 1 N–H and O–H groups in total. The SMILES string of the molecule is COc1nc2cc(N3[C@@H]4CC[C@H]3COC4)ccc2[nH]1. The number of rotatable bonds is 2. The largest absolute Gasteiger partial charge is 0.468 e. The van der Waals surface area contributed by atoms with Gasteiger partial charge in [-0.1, -0.05) is 0 Å². The first-order valence-electron chi connectivity index (χ1n) is 6.75. The van der Waals surface area contributed by atoms with E-state index < -0.39 is 0 Å². The van der Waals surface area contributed by atoms with Crippen LogP contribution in [0.3, 0.4) is 0 Å². The number of H-pyrrole nitrogens is 1. The van der Waals surface area contributed by atoms with Crippen LogP contribution >= 0.6 is 0 Å². The van der Waals surface area contributed by atoms with Crippen LogP contribution in [0.25, 0.3) is 11.0 Å². The summed E-state index contributed by atoms with van der Waals surface area (Å²) in [5.74, 6) is 0. The highest BCUT2D eigenvalue weighted by molar-refractivity contribution is 5.80. The highest BCUT2D eigenvalue weighted by atomic mass is 16.5. The van der Waals surface area contributed by atoms with Gasteiger partial charge < -0.3 is 19.4 Å². The molecule has 0 unspecified atom stereocenters. The molecule has 0 aliphatic carbocycles. The van der Waals surface area contributed by atoms with Crippen molar-refractivity contribution in [2.45, 2.75) is 24.9 Å². The van der Waals surface area contributed by atoms with Gasteiger partial charge in [0.25, 0.3) is 6.01 Å². The summed E-state index contributed by atoms with van der Waals surface area (Å²) in [6.07, 6.45) is 2.46. The molecule has 2 atom stereocenters. The molecule has 0 amide bonds. The van der Waals surface area contributed by atoms with E-state index in [1.807, 2.05) is 0 Å². The molecule has 0 saturated carbocycles. The molecule has 2 aliphatic heterocycles. The van der Waals surface area contributed by atoms with Gasteiger partial charge in [-0.3, -0.25) is 0 Å². The summed E-state index contributed by atoms with van der Waals surface area (Å²) < 4.78 is 10.8. The van der Waals surface area contributed by atoms with Gasteiger partial charge >= 0.3 is 0 Å². The molecule has 2 bridgehead atoms. The molecule has 100 valence electrons. The van der Waals surface area contributed by atoms with Crippen LogP contribution in [-0.4, -0.2) is 42.4 Å². The first-order valence-corrected chi connectivity index (χ1v) is 6.75. The van der Waals surface area contributed by atoms with Crippen molar-refractivity contribution in [3.8, 4) is 6.01 Å². The average Bonchev–Trinajstić information content (AvgIpc) is 2.96.